The van der Waals surface area contributed by atoms with Crippen LogP contribution in [0.2, 0.25) is 0 Å². The van der Waals surface area contributed by atoms with Crippen molar-refractivity contribution in [2.45, 2.75) is 32.1 Å². The SMILES string of the molecule is O=C(Nc1ccc(F)c(F)c1F)c1cc(NCCC2=CCCCC2)ccn1. The number of amides is 1. The molecule has 0 atom stereocenters. The highest BCUT2D eigenvalue weighted by Gasteiger charge is 2.16. The van der Waals surface area contributed by atoms with Crippen LogP contribution < -0.4 is 10.6 Å². The number of anilines is 2. The summed E-state index contributed by atoms with van der Waals surface area (Å²) in [6.45, 7) is 0.731. The summed E-state index contributed by atoms with van der Waals surface area (Å²) in [6.07, 6.45) is 9.42. The van der Waals surface area contributed by atoms with Crippen molar-refractivity contribution in [3.05, 3.63) is 65.3 Å². The van der Waals surface area contributed by atoms with Crippen molar-refractivity contribution in [3.8, 4) is 0 Å². The number of nitrogens with zero attached hydrogens (tertiary/aromatic N) is 1. The fourth-order valence-electron chi connectivity index (χ4n) is 2.97. The summed E-state index contributed by atoms with van der Waals surface area (Å²) in [5.74, 6) is -5.10. The number of halogens is 3. The number of carbonyl (C=O) groups is 1. The van der Waals surface area contributed by atoms with E-state index in [0.717, 1.165) is 37.9 Å². The third-order valence-corrected chi connectivity index (χ3v) is 4.44. The first-order valence-corrected chi connectivity index (χ1v) is 8.87. The molecule has 2 aromatic rings. The standard InChI is InChI=1S/C20H20F3N3O/c21-15-6-7-16(19(23)18(15)22)26-20(27)17-12-14(9-11-25-17)24-10-8-13-4-2-1-3-5-13/h4,6-7,9,11-12H,1-3,5,8,10H2,(H,24,25)(H,26,27). The maximum absolute atomic E-state index is 13.7. The Balaban J connectivity index is 1.61. The zero-order valence-electron chi connectivity index (χ0n) is 14.7. The van der Waals surface area contributed by atoms with E-state index in [9.17, 15) is 18.0 Å². The van der Waals surface area contributed by atoms with Gasteiger partial charge in [-0.3, -0.25) is 9.78 Å². The highest BCUT2D eigenvalue weighted by molar-refractivity contribution is 6.03. The normalized spacial score (nSPS) is 13.8. The Hall–Kier alpha value is -2.83. The Kier molecular flexibility index (Phi) is 6.11. The summed E-state index contributed by atoms with van der Waals surface area (Å²) in [5, 5.41) is 5.44. The largest absolute Gasteiger partial charge is 0.385 e. The average Bonchev–Trinajstić information content (AvgIpc) is 2.69. The van der Waals surface area contributed by atoms with Crippen LogP contribution in [0, 0.1) is 17.5 Å². The van der Waals surface area contributed by atoms with E-state index in [4.69, 9.17) is 0 Å². The van der Waals surface area contributed by atoms with E-state index in [-0.39, 0.29) is 5.69 Å². The molecule has 1 aliphatic rings. The van der Waals surface area contributed by atoms with Crippen molar-refractivity contribution in [1.29, 1.82) is 0 Å². The van der Waals surface area contributed by atoms with Gasteiger partial charge in [0.1, 0.15) is 5.69 Å². The molecule has 7 heteroatoms. The monoisotopic (exact) mass is 375 g/mol. The number of pyridine rings is 1. The van der Waals surface area contributed by atoms with Crippen LogP contribution in [-0.2, 0) is 0 Å². The van der Waals surface area contributed by atoms with E-state index in [1.54, 1.807) is 6.07 Å². The van der Waals surface area contributed by atoms with Gasteiger partial charge in [0.05, 0.1) is 5.69 Å². The van der Waals surface area contributed by atoms with E-state index in [1.165, 1.54) is 30.7 Å². The second kappa shape index (κ2) is 8.70. The smallest absolute Gasteiger partial charge is 0.274 e. The minimum atomic E-state index is -1.63. The third kappa shape index (κ3) is 4.87. The zero-order chi connectivity index (χ0) is 19.2. The molecule has 1 aromatic heterocycles. The van der Waals surface area contributed by atoms with Gasteiger partial charge in [0.15, 0.2) is 17.5 Å². The van der Waals surface area contributed by atoms with Crippen LogP contribution in [0.1, 0.15) is 42.6 Å². The van der Waals surface area contributed by atoms with Gasteiger partial charge >= 0.3 is 0 Å². The van der Waals surface area contributed by atoms with Crippen LogP contribution in [-0.4, -0.2) is 17.4 Å². The van der Waals surface area contributed by atoms with Crippen molar-refractivity contribution < 1.29 is 18.0 Å². The third-order valence-electron chi connectivity index (χ3n) is 4.44. The first-order valence-electron chi connectivity index (χ1n) is 8.87. The van der Waals surface area contributed by atoms with Gasteiger partial charge in [-0.05, 0) is 56.4 Å². The van der Waals surface area contributed by atoms with Crippen molar-refractivity contribution in [3.63, 3.8) is 0 Å². The lowest BCUT2D eigenvalue weighted by Gasteiger charge is -2.13. The lowest BCUT2D eigenvalue weighted by Crippen LogP contribution is -2.16. The molecule has 1 amide bonds. The van der Waals surface area contributed by atoms with Gasteiger partial charge in [0.25, 0.3) is 5.91 Å². The van der Waals surface area contributed by atoms with Gasteiger partial charge in [0, 0.05) is 18.4 Å². The molecule has 0 aliphatic heterocycles. The summed E-state index contributed by atoms with van der Waals surface area (Å²) in [5.41, 5.74) is 1.75. The van der Waals surface area contributed by atoms with Crippen molar-refractivity contribution in [2.75, 3.05) is 17.2 Å². The number of hydrogen-bond donors (Lipinski definition) is 2. The van der Waals surface area contributed by atoms with E-state index in [2.05, 4.69) is 21.7 Å². The van der Waals surface area contributed by atoms with Crippen LogP contribution >= 0.6 is 0 Å². The van der Waals surface area contributed by atoms with Crippen LogP contribution in [0.25, 0.3) is 0 Å². The zero-order valence-corrected chi connectivity index (χ0v) is 14.7. The van der Waals surface area contributed by atoms with Crippen molar-refractivity contribution in [2.24, 2.45) is 0 Å². The predicted octanol–water partition coefficient (Wildman–Crippen LogP) is 5.05. The van der Waals surface area contributed by atoms with Gasteiger partial charge in [-0.1, -0.05) is 11.6 Å². The van der Waals surface area contributed by atoms with Crippen LogP contribution in [0.3, 0.4) is 0 Å². The number of benzene rings is 1. The molecule has 0 saturated carbocycles. The Morgan fingerprint density at radius 1 is 1.11 bits per heavy atom. The maximum Gasteiger partial charge on any atom is 0.274 e. The average molecular weight is 375 g/mol. The van der Waals surface area contributed by atoms with Crippen LogP contribution in [0.15, 0.2) is 42.1 Å². The topological polar surface area (TPSA) is 54.0 Å². The van der Waals surface area contributed by atoms with Gasteiger partial charge in [0.2, 0.25) is 0 Å². The molecule has 0 spiro atoms. The molecular formula is C20H20F3N3O. The molecule has 0 unspecified atom stereocenters. The molecule has 0 fully saturated rings. The summed E-state index contributed by atoms with van der Waals surface area (Å²) in [4.78, 5) is 16.2. The Labute approximate surface area is 155 Å². The first kappa shape index (κ1) is 18.9. The molecule has 1 heterocycles. The lowest BCUT2D eigenvalue weighted by molar-refractivity contribution is 0.102. The molecule has 27 heavy (non-hydrogen) atoms. The number of carbonyl (C=O) groups excluding carboxylic acids is 1. The highest BCUT2D eigenvalue weighted by atomic mass is 19.2. The molecule has 0 saturated heterocycles. The second-order valence-electron chi connectivity index (χ2n) is 6.39. The molecule has 142 valence electrons. The molecule has 0 bridgehead atoms. The van der Waals surface area contributed by atoms with Gasteiger partial charge < -0.3 is 10.6 Å². The van der Waals surface area contributed by atoms with Gasteiger partial charge in [-0.25, -0.2) is 13.2 Å². The minimum absolute atomic E-state index is 0.0426. The maximum atomic E-state index is 13.7. The molecule has 1 aliphatic carbocycles. The number of hydrogen-bond acceptors (Lipinski definition) is 3. The summed E-state index contributed by atoms with van der Waals surface area (Å²) in [7, 11) is 0. The Bertz CT molecular complexity index is 868. The number of aromatic nitrogens is 1. The molecule has 3 rings (SSSR count). The Morgan fingerprint density at radius 2 is 1.96 bits per heavy atom. The van der Waals surface area contributed by atoms with E-state index in [1.807, 2.05) is 0 Å². The van der Waals surface area contributed by atoms with E-state index >= 15 is 0 Å². The number of rotatable bonds is 6. The van der Waals surface area contributed by atoms with Crippen molar-refractivity contribution in [1.82, 2.24) is 4.98 Å². The first-order chi connectivity index (χ1) is 13.0. The fourth-order valence-corrected chi connectivity index (χ4v) is 2.97. The van der Waals surface area contributed by atoms with Crippen LogP contribution in [0.5, 0.6) is 0 Å². The van der Waals surface area contributed by atoms with Gasteiger partial charge in [-0.2, -0.15) is 0 Å². The minimum Gasteiger partial charge on any atom is -0.385 e. The van der Waals surface area contributed by atoms with Gasteiger partial charge in [-0.15, -0.1) is 0 Å². The Morgan fingerprint density at radius 3 is 2.74 bits per heavy atom. The number of allylic oxidation sites excluding steroid dienone is 1. The molecular weight excluding hydrogens is 355 g/mol. The highest BCUT2D eigenvalue weighted by Crippen LogP contribution is 2.21. The van der Waals surface area contributed by atoms with Crippen molar-refractivity contribution >= 4 is 17.3 Å². The molecule has 2 N–H and O–H groups in total. The summed E-state index contributed by atoms with van der Waals surface area (Å²) in [6, 6.07) is 4.97. The van der Waals surface area contributed by atoms with E-state index < -0.39 is 29.0 Å². The predicted molar refractivity (Wildman–Crippen MR) is 98.2 cm³/mol. The fraction of sp³-hybridized carbons (Fsp3) is 0.300. The quantitative estimate of drug-likeness (QED) is 0.548. The molecule has 0 radical (unpaired) electrons. The summed E-state index contributed by atoms with van der Waals surface area (Å²) >= 11 is 0. The molecule has 1 aromatic carbocycles. The number of nitrogens with one attached hydrogen (secondary N) is 2. The lowest BCUT2D eigenvalue weighted by atomic mass is 9.97. The summed E-state index contributed by atoms with van der Waals surface area (Å²) < 4.78 is 39.9. The van der Waals surface area contributed by atoms with E-state index in [0.29, 0.717) is 5.69 Å². The molecule has 4 nitrogen and oxygen atoms in total. The van der Waals surface area contributed by atoms with Crippen LogP contribution in [0.4, 0.5) is 24.5 Å². The second-order valence-corrected chi connectivity index (χ2v) is 6.39.